The Labute approximate surface area is 118 Å². The molecule has 4 heteroatoms. The Bertz CT molecular complexity index is 590. The molecular formula is C13H8ClIN2. The average Bonchev–Trinajstić information content (AvgIpc) is 2.33. The Kier molecular flexibility index (Phi) is 3.87. The zero-order chi connectivity index (χ0) is 12.3. The van der Waals surface area contributed by atoms with Crippen LogP contribution in [-0.4, -0.2) is 0 Å². The van der Waals surface area contributed by atoms with E-state index in [-0.39, 0.29) is 0 Å². The Hall–Kier alpha value is -1.25. The number of hydrogen-bond donors (Lipinski definition) is 1. The van der Waals surface area contributed by atoms with Gasteiger partial charge in [0.2, 0.25) is 0 Å². The number of nitriles is 1. The molecule has 17 heavy (non-hydrogen) atoms. The summed E-state index contributed by atoms with van der Waals surface area (Å²) in [5, 5.41) is 12.8. The summed E-state index contributed by atoms with van der Waals surface area (Å²) in [7, 11) is 0. The largest absolute Gasteiger partial charge is 0.355 e. The molecule has 0 aliphatic carbocycles. The maximum absolute atomic E-state index is 8.82. The molecular weight excluding hydrogens is 347 g/mol. The Morgan fingerprint density at radius 3 is 2.71 bits per heavy atom. The fraction of sp³-hybridized carbons (Fsp3) is 0. The second-order valence-corrected chi connectivity index (χ2v) is 5.04. The van der Waals surface area contributed by atoms with E-state index in [9.17, 15) is 0 Å². The lowest BCUT2D eigenvalue weighted by Gasteiger charge is -2.09. The van der Waals surface area contributed by atoms with E-state index in [0.717, 1.165) is 14.9 Å². The van der Waals surface area contributed by atoms with Gasteiger partial charge >= 0.3 is 0 Å². The third-order valence-corrected chi connectivity index (χ3v) is 3.33. The minimum absolute atomic E-state index is 0.638. The number of nitrogens with one attached hydrogen (secondary N) is 1. The molecule has 1 N–H and O–H groups in total. The van der Waals surface area contributed by atoms with Crippen molar-refractivity contribution in [3.8, 4) is 6.07 Å². The van der Waals surface area contributed by atoms with Gasteiger partial charge in [0.05, 0.1) is 17.3 Å². The molecule has 2 nitrogen and oxygen atoms in total. The van der Waals surface area contributed by atoms with Crippen molar-refractivity contribution in [1.82, 2.24) is 0 Å². The molecule has 0 heterocycles. The van der Waals surface area contributed by atoms with Crippen LogP contribution in [0.25, 0.3) is 0 Å². The lowest BCUT2D eigenvalue weighted by atomic mass is 10.2. The van der Waals surface area contributed by atoms with Crippen LogP contribution in [0.3, 0.4) is 0 Å². The van der Waals surface area contributed by atoms with Crippen LogP contribution in [-0.2, 0) is 0 Å². The number of nitrogens with zero attached hydrogens (tertiary/aromatic N) is 1. The lowest BCUT2D eigenvalue weighted by Crippen LogP contribution is -1.93. The van der Waals surface area contributed by atoms with E-state index in [0.29, 0.717) is 10.6 Å². The van der Waals surface area contributed by atoms with Gasteiger partial charge in [-0.2, -0.15) is 5.26 Å². The quantitative estimate of drug-likeness (QED) is 0.803. The summed E-state index contributed by atoms with van der Waals surface area (Å²) in [5.41, 5.74) is 2.51. The third-order valence-electron chi connectivity index (χ3n) is 2.20. The summed E-state index contributed by atoms with van der Waals surface area (Å²) in [6, 6.07) is 15.1. The van der Waals surface area contributed by atoms with Crippen LogP contribution in [0, 0.1) is 14.9 Å². The van der Waals surface area contributed by atoms with E-state index in [1.54, 1.807) is 6.07 Å². The highest BCUT2D eigenvalue weighted by molar-refractivity contribution is 14.1. The molecule has 2 aromatic rings. The van der Waals surface area contributed by atoms with E-state index < -0.39 is 0 Å². The van der Waals surface area contributed by atoms with Crippen LogP contribution >= 0.6 is 34.2 Å². The molecule has 0 fully saturated rings. The summed E-state index contributed by atoms with van der Waals surface area (Å²) in [4.78, 5) is 0. The molecule has 0 radical (unpaired) electrons. The third kappa shape index (κ3) is 3.11. The van der Waals surface area contributed by atoms with E-state index in [1.807, 2.05) is 36.4 Å². The van der Waals surface area contributed by atoms with E-state index >= 15 is 0 Å². The summed E-state index contributed by atoms with van der Waals surface area (Å²) >= 11 is 8.11. The second-order valence-electron chi connectivity index (χ2n) is 3.44. The van der Waals surface area contributed by atoms with E-state index in [4.69, 9.17) is 16.9 Å². The first-order valence-electron chi connectivity index (χ1n) is 4.91. The van der Waals surface area contributed by atoms with Crippen LogP contribution < -0.4 is 5.32 Å². The van der Waals surface area contributed by atoms with Gasteiger partial charge in [-0.15, -0.1) is 0 Å². The van der Waals surface area contributed by atoms with Crippen LogP contribution in [0.1, 0.15) is 5.56 Å². The molecule has 0 bridgehead atoms. The number of benzene rings is 2. The Morgan fingerprint density at radius 2 is 2.00 bits per heavy atom. The first-order valence-corrected chi connectivity index (χ1v) is 6.37. The van der Waals surface area contributed by atoms with Crippen molar-refractivity contribution in [2.45, 2.75) is 0 Å². The number of hydrogen-bond acceptors (Lipinski definition) is 2. The van der Waals surface area contributed by atoms with E-state index in [2.05, 4.69) is 34.0 Å². The van der Waals surface area contributed by atoms with Crippen molar-refractivity contribution in [1.29, 1.82) is 5.26 Å². The molecule has 0 aromatic heterocycles. The number of anilines is 2. The van der Waals surface area contributed by atoms with Gasteiger partial charge in [-0.05, 0) is 59.0 Å². The van der Waals surface area contributed by atoms with Crippen molar-refractivity contribution < 1.29 is 0 Å². The monoisotopic (exact) mass is 354 g/mol. The van der Waals surface area contributed by atoms with Crippen molar-refractivity contribution in [2.24, 2.45) is 0 Å². The van der Waals surface area contributed by atoms with Gasteiger partial charge in [0, 0.05) is 14.3 Å². The predicted octanol–water partition coefficient (Wildman–Crippen LogP) is 4.56. The van der Waals surface area contributed by atoms with Gasteiger partial charge in [-0.1, -0.05) is 17.7 Å². The van der Waals surface area contributed by atoms with Crippen LogP contribution in [0.15, 0.2) is 42.5 Å². The van der Waals surface area contributed by atoms with Gasteiger partial charge in [0.25, 0.3) is 0 Å². The molecule has 0 saturated heterocycles. The Morgan fingerprint density at radius 1 is 1.18 bits per heavy atom. The van der Waals surface area contributed by atoms with Gasteiger partial charge in [0.1, 0.15) is 0 Å². The van der Waals surface area contributed by atoms with Crippen LogP contribution in [0.5, 0.6) is 0 Å². The van der Waals surface area contributed by atoms with Crippen molar-refractivity contribution >= 4 is 45.6 Å². The van der Waals surface area contributed by atoms with Gasteiger partial charge < -0.3 is 5.32 Å². The maximum atomic E-state index is 8.82. The smallest absolute Gasteiger partial charge is 0.0992 e. The topological polar surface area (TPSA) is 35.8 Å². The first kappa shape index (κ1) is 12.2. The summed E-state index contributed by atoms with van der Waals surface area (Å²) in [6.07, 6.45) is 0. The fourth-order valence-electron chi connectivity index (χ4n) is 1.41. The molecule has 2 rings (SSSR count). The average molecular weight is 355 g/mol. The highest BCUT2D eigenvalue weighted by atomic mass is 127. The molecule has 0 aliphatic heterocycles. The number of rotatable bonds is 2. The summed E-state index contributed by atoms with van der Waals surface area (Å²) < 4.78 is 1.04. The number of halogens is 2. The van der Waals surface area contributed by atoms with Crippen LogP contribution in [0.2, 0.25) is 5.02 Å². The molecule has 0 aliphatic rings. The molecule has 0 spiro atoms. The molecule has 2 aromatic carbocycles. The minimum atomic E-state index is 0.638. The van der Waals surface area contributed by atoms with Crippen molar-refractivity contribution in [2.75, 3.05) is 5.32 Å². The molecule has 84 valence electrons. The normalized spacial score (nSPS) is 9.71. The summed E-state index contributed by atoms with van der Waals surface area (Å²) in [5.74, 6) is 0. The predicted molar refractivity (Wildman–Crippen MR) is 78.6 cm³/mol. The highest BCUT2D eigenvalue weighted by Gasteiger charge is 2.01. The highest BCUT2D eigenvalue weighted by Crippen LogP contribution is 2.25. The van der Waals surface area contributed by atoms with Crippen LogP contribution in [0.4, 0.5) is 11.4 Å². The van der Waals surface area contributed by atoms with Gasteiger partial charge in [0.15, 0.2) is 0 Å². The lowest BCUT2D eigenvalue weighted by molar-refractivity contribution is 1.47. The van der Waals surface area contributed by atoms with Gasteiger partial charge in [-0.25, -0.2) is 0 Å². The fourth-order valence-corrected chi connectivity index (χ4v) is 2.42. The van der Waals surface area contributed by atoms with E-state index in [1.165, 1.54) is 0 Å². The first-order chi connectivity index (χ1) is 8.19. The minimum Gasteiger partial charge on any atom is -0.355 e. The Balaban J connectivity index is 2.28. The maximum Gasteiger partial charge on any atom is 0.0992 e. The molecule has 0 unspecified atom stereocenters. The zero-order valence-electron chi connectivity index (χ0n) is 8.74. The second kappa shape index (κ2) is 5.39. The zero-order valence-corrected chi connectivity index (χ0v) is 11.7. The standard InChI is InChI=1S/C13H8ClIN2/c14-10-4-5-13(12(15)7-10)17-11-3-1-2-9(6-11)8-16/h1-7,17H. The summed E-state index contributed by atoms with van der Waals surface area (Å²) in [6.45, 7) is 0. The molecule has 0 atom stereocenters. The van der Waals surface area contributed by atoms with Crippen molar-refractivity contribution in [3.05, 3.63) is 56.6 Å². The van der Waals surface area contributed by atoms with Gasteiger partial charge in [-0.3, -0.25) is 0 Å². The SMILES string of the molecule is N#Cc1cccc(Nc2ccc(Cl)cc2I)c1. The molecule has 0 saturated carbocycles. The molecule has 0 amide bonds. The van der Waals surface area contributed by atoms with Crippen molar-refractivity contribution in [3.63, 3.8) is 0 Å².